The van der Waals surface area contributed by atoms with E-state index in [1.165, 1.54) is 12.0 Å². The van der Waals surface area contributed by atoms with Crippen LogP contribution in [0.4, 0.5) is 0 Å². The largest absolute Gasteiger partial charge is 0.341 e. The fraction of sp³-hybridized carbons (Fsp3) is 0.478. The molecule has 2 aliphatic heterocycles. The smallest absolute Gasteiger partial charge is 0.234 e. The minimum absolute atomic E-state index is 0.213. The molecule has 0 unspecified atom stereocenters. The third kappa shape index (κ3) is 3.77. The molecule has 4 nitrogen and oxygen atoms in total. The van der Waals surface area contributed by atoms with E-state index in [0.29, 0.717) is 11.8 Å². The normalized spacial score (nSPS) is 23.3. The van der Waals surface area contributed by atoms with Crippen LogP contribution in [0, 0.1) is 11.8 Å². The fourth-order valence-corrected chi connectivity index (χ4v) is 4.63. The van der Waals surface area contributed by atoms with E-state index in [4.69, 9.17) is 0 Å². The van der Waals surface area contributed by atoms with Gasteiger partial charge in [-0.2, -0.15) is 0 Å². The third-order valence-electron chi connectivity index (χ3n) is 6.26. The summed E-state index contributed by atoms with van der Waals surface area (Å²) < 4.78 is 0. The Morgan fingerprint density at radius 2 is 1.78 bits per heavy atom. The number of pyridine rings is 1. The maximum absolute atomic E-state index is 13.3. The van der Waals surface area contributed by atoms with Gasteiger partial charge in [0.05, 0.1) is 11.1 Å². The maximum Gasteiger partial charge on any atom is 0.234 e. The first-order valence-electron chi connectivity index (χ1n) is 10.0. The number of rotatable bonds is 4. The number of carbonyl (C=O) groups excluding carboxylic acids is 1. The summed E-state index contributed by atoms with van der Waals surface area (Å²) in [6.07, 6.45) is 2.96. The van der Waals surface area contributed by atoms with Gasteiger partial charge in [-0.05, 0) is 56.3 Å². The molecule has 2 saturated heterocycles. The van der Waals surface area contributed by atoms with Crippen molar-refractivity contribution < 1.29 is 4.79 Å². The Bertz CT molecular complexity index is 775. The van der Waals surface area contributed by atoms with E-state index in [0.717, 1.165) is 38.4 Å². The Balaban J connectivity index is 1.40. The molecular weight excluding hydrogens is 334 g/mol. The van der Waals surface area contributed by atoms with Gasteiger partial charge in [-0.25, -0.2) is 0 Å². The summed E-state index contributed by atoms with van der Waals surface area (Å²) in [5.74, 6) is 1.44. The van der Waals surface area contributed by atoms with Crippen LogP contribution in [0.2, 0.25) is 0 Å². The Morgan fingerprint density at radius 3 is 2.52 bits per heavy atom. The van der Waals surface area contributed by atoms with Crippen molar-refractivity contribution in [2.75, 3.05) is 26.2 Å². The van der Waals surface area contributed by atoms with Crippen LogP contribution in [0.1, 0.15) is 31.5 Å². The molecule has 2 atom stereocenters. The molecule has 4 rings (SSSR count). The monoisotopic (exact) mass is 363 g/mol. The predicted molar refractivity (Wildman–Crippen MR) is 107 cm³/mol. The summed E-state index contributed by atoms with van der Waals surface area (Å²) in [6.45, 7) is 9.01. The maximum atomic E-state index is 13.3. The van der Waals surface area contributed by atoms with Crippen LogP contribution in [0.15, 0.2) is 54.7 Å². The molecule has 2 fully saturated rings. The zero-order chi connectivity index (χ0) is 18.9. The quantitative estimate of drug-likeness (QED) is 0.836. The first-order valence-corrected chi connectivity index (χ1v) is 10.0. The van der Waals surface area contributed by atoms with Gasteiger partial charge in [0.15, 0.2) is 0 Å². The highest BCUT2D eigenvalue weighted by Crippen LogP contribution is 2.34. The molecule has 0 bridgehead atoms. The zero-order valence-electron chi connectivity index (χ0n) is 16.3. The molecule has 0 spiro atoms. The summed E-state index contributed by atoms with van der Waals surface area (Å²) >= 11 is 0. The lowest BCUT2D eigenvalue weighted by molar-refractivity contribution is -0.135. The van der Waals surface area contributed by atoms with E-state index in [2.05, 4.69) is 45.1 Å². The Morgan fingerprint density at radius 1 is 1.04 bits per heavy atom. The minimum atomic E-state index is -0.571. The van der Waals surface area contributed by atoms with Gasteiger partial charge in [-0.3, -0.25) is 14.7 Å². The van der Waals surface area contributed by atoms with Crippen molar-refractivity contribution in [2.45, 2.75) is 32.2 Å². The number of amides is 1. The summed E-state index contributed by atoms with van der Waals surface area (Å²) in [7, 11) is 0. The lowest BCUT2D eigenvalue weighted by Crippen LogP contribution is -2.43. The standard InChI is InChI=1S/C23H29N3O/c1-23(2,21-10-6-7-12-24-21)22(27)26-16-19-11-13-25(15-20(19)17-26)14-18-8-4-3-5-9-18/h3-10,12,19-20H,11,13-17H2,1-2H3/t19-,20+/m0/s1. The Kier molecular flexibility index (Phi) is 5.00. The lowest BCUT2D eigenvalue weighted by atomic mass is 9.87. The van der Waals surface area contributed by atoms with Gasteiger partial charge in [0.1, 0.15) is 0 Å². The molecule has 0 radical (unpaired) electrons. The number of nitrogens with zero attached hydrogens (tertiary/aromatic N) is 3. The van der Waals surface area contributed by atoms with Crippen LogP contribution in [0.5, 0.6) is 0 Å². The van der Waals surface area contributed by atoms with Gasteiger partial charge in [0.2, 0.25) is 5.91 Å². The van der Waals surface area contributed by atoms with Crippen LogP contribution in [-0.4, -0.2) is 46.9 Å². The molecule has 0 saturated carbocycles. The summed E-state index contributed by atoms with van der Waals surface area (Å²) in [4.78, 5) is 22.3. The van der Waals surface area contributed by atoms with E-state index >= 15 is 0 Å². The number of aromatic nitrogens is 1. The highest BCUT2D eigenvalue weighted by Gasteiger charge is 2.43. The number of hydrogen-bond acceptors (Lipinski definition) is 3. The molecule has 2 aromatic rings. The van der Waals surface area contributed by atoms with Crippen molar-refractivity contribution in [3.8, 4) is 0 Å². The van der Waals surface area contributed by atoms with Gasteiger partial charge in [0, 0.05) is 32.4 Å². The molecular formula is C23H29N3O. The number of hydrogen-bond donors (Lipinski definition) is 0. The summed E-state index contributed by atoms with van der Waals surface area (Å²) in [6, 6.07) is 16.5. The predicted octanol–water partition coefficient (Wildman–Crippen LogP) is 3.34. The van der Waals surface area contributed by atoms with Gasteiger partial charge >= 0.3 is 0 Å². The summed E-state index contributed by atoms with van der Waals surface area (Å²) in [5, 5.41) is 0. The first-order chi connectivity index (χ1) is 13.0. The van der Waals surface area contributed by atoms with Crippen molar-refractivity contribution in [2.24, 2.45) is 11.8 Å². The van der Waals surface area contributed by atoms with Crippen LogP contribution in [0.3, 0.4) is 0 Å². The van der Waals surface area contributed by atoms with Crippen molar-refractivity contribution >= 4 is 5.91 Å². The van der Waals surface area contributed by atoms with Gasteiger partial charge in [0.25, 0.3) is 0 Å². The third-order valence-corrected chi connectivity index (χ3v) is 6.26. The number of carbonyl (C=O) groups is 1. The van der Waals surface area contributed by atoms with E-state index in [1.54, 1.807) is 6.20 Å². The highest BCUT2D eigenvalue weighted by atomic mass is 16.2. The van der Waals surface area contributed by atoms with Crippen LogP contribution in [0.25, 0.3) is 0 Å². The highest BCUT2D eigenvalue weighted by molar-refractivity contribution is 5.87. The lowest BCUT2D eigenvalue weighted by Gasteiger charge is -2.34. The molecule has 2 aliphatic rings. The number of piperidine rings is 1. The van der Waals surface area contributed by atoms with Crippen molar-refractivity contribution in [3.63, 3.8) is 0 Å². The van der Waals surface area contributed by atoms with Crippen LogP contribution in [-0.2, 0) is 16.8 Å². The average Bonchev–Trinajstić information content (AvgIpc) is 3.12. The molecule has 142 valence electrons. The zero-order valence-corrected chi connectivity index (χ0v) is 16.3. The van der Waals surface area contributed by atoms with Gasteiger partial charge in [-0.1, -0.05) is 36.4 Å². The molecule has 1 aromatic carbocycles. The van der Waals surface area contributed by atoms with E-state index in [1.807, 2.05) is 32.0 Å². The van der Waals surface area contributed by atoms with E-state index < -0.39 is 5.41 Å². The second-order valence-electron chi connectivity index (χ2n) is 8.58. The minimum Gasteiger partial charge on any atom is -0.341 e. The number of likely N-dealkylation sites (tertiary alicyclic amines) is 2. The number of benzene rings is 1. The second kappa shape index (κ2) is 7.43. The molecule has 1 amide bonds. The fourth-order valence-electron chi connectivity index (χ4n) is 4.63. The average molecular weight is 364 g/mol. The topological polar surface area (TPSA) is 36.4 Å². The van der Waals surface area contributed by atoms with Crippen molar-refractivity contribution in [1.29, 1.82) is 0 Å². The SMILES string of the molecule is CC(C)(C(=O)N1C[C@H]2CN(Cc3ccccc3)CC[C@H]2C1)c1ccccn1. The molecule has 0 aliphatic carbocycles. The van der Waals surface area contributed by atoms with Crippen LogP contribution >= 0.6 is 0 Å². The first kappa shape index (κ1) is 18.2. The van der Waals surface area contributed by atoms with Crippen molar-refractivity contribution in [3.05, 3.63) is 66.0 Å². The molecule has 1 aromatic heterocycles. The van der Waals surface area contributed by atoms with Crippen LogP contribution < -0.4 is 0 Å². The Hall–Kier alpha value is -2.20. The van der Waals surface area contributed by atoms with Crippen molar-refractivity contribution in [1.82, 2.24) is 14.8 Å². The molecule has 4 heteroatoms. The Labute approximate surface area is 162 Å². The van der Waals surface area contributed by atoms with E-state index in [-0.39, 0.29) is 5.91 Å². The van der Waals surface area contributed by atoms with Gasteiger partial charge in [-0.15, -0.1) is 0 Å². The van der Waals surface area contributed by atoms with E-state index in [9.17, 15) is 4.79 Å². The second-order valence-corrected chi connectivity index (χ2v) is 8.58. The summed E-state index contributed by atoms with van der Waals surface area (Å²) in [5.41, 5.74) is 1.66. The van der Waals surface area contributed by atoms with Gasteiger partial charge < -0.3 is 4.90 Å². The number of fused-ring (bicyclic) bond motifs is 1. The molecule has 0 N–H and O–H groups in total. The molecule has 3 heterocycles. The molecule has 27 heavy (non-hydrogen) atoms.